The zero-order valence-electron chi connectivity index (χ0n) is 13.9. The fourth-order valence-corrected chi connectivity index (χ4v) is 4.68. The predicted molar refractivity (Wildman–Crippen MR) is 98.1 cm³/mol. The van der Waals surface area contributed by atoms with Gasteiger partial charge in [0.15, 0.2) is 0 Å². The molecular formula is C18H20ClFN2O2S. The lowest BCUT2D eigenvalue weighted by molar-refractivity contribution is 0.541. The van der Waals surface area contributed by atoms with Gasteiger partial charge in [0.2, 0.25) is 10.0 Å². The van der Waals surface area contributed by atoms with Crippen LogP contribution in [0.15, 0.2) is 47.4 Å². The molecule has 7 heteroatoms. The van der Waals surface area contributed by atoms with E-state index in [-0.39, 0.29) is 16.6 Å². The molecule has 0 spiro atoms. The maximum atomic E-state index is 13.0. The lowest BCUT2D eigenvalue weighted by Crippen LogP contribution is -2.31. The number of halogens is 2. The maximum Gasteiger partial charge on any atom is 0.240 e. The van der Waals surface area contributed by atoms with Gasteiger partial charge in [-0.15, -0.1) is 0 Å². The zero-order valence-corrected chi connectivity index (χ0v) is 15.4. The van der Waals surface area contributed by atoms with Crippen molar-refractivity contribution in [1.82, 2.24) is 4.72 Å². The van der Waals surface area contributed by atoms with E-state index in [1.165, 1.54) is 12.1 Å². The summed E-state index contributed by atoms with van der Waals surface area (Å²) in [7, 11) is -3.59. The van der Waals surface area contributed by atoms with Crippen LogP contribution in [0.4, 0.5) is 10.1 Å². The van der Waals surface area contributed by atoms with Crippen LogP contribution in [0.3, 0.4) is 0 Å². The predicted octanol–water partition coefficient (Wildman–Crippen LogP) is 3.59. The van der Waals surface area contributed by atoms with E-state index in [2.05, 4.69) is 9.62 Å². The molecule has 1 aliphatic rings. The van der Waals surface area contributed by atoms with E-state index in [1.807, 2.05) is 0 Å². The van der Waals surface area contributed by atoms with Crippen LogP contribution < -0.4 is 9.62 Å². The molecule has 0 amide bonds. The second-order valence-corrected chi connectivity index (χ2v) is 8.43. The molecule has 1 N–H and O–H groups in total. The van der Waals surface area contributed by atoms with Gasteiger partial charge in [0, 0.05) is 30.3 Å². The highest BCUT2D eigenvalue weighted by molar-refractivity contribution is 7.89. The smallest absolute Gasteiger partial charge is 0.240 e. The first-order valence-corrected chi connectivity index (χ1v) is 9.98. The summed E-state index contributed by atoms with van der Waals surface area (Å²) in [6, 6.07) is 11.2. The molecule has 0 radical (unpaired) electrons. The molecule has 1 unspecified atom stereocenters. The summed E-state index contributed by atoms with van der Waals surface area (Å²) in [6.07, 6.45) is 0.883. The summed E-state index contributed by atoms with van der Waals surface area (Å²) >= 11 is 6.02. The van der Waals surface area contributed by atoms with Gasteiger partial charge < -0.3 is 4.90 Å². The molecule has 2 aromatic carbocycles. The number of nitrogens with zero attached hydrogens (tertiary/aromatic N) is 1. The highest BCUT2D eigenvalue weighted by Gasteiger charge is 2.25. The summed E-state index contributed by atoms with van der Waals surface area (Å²) in [5.41, 5.74) is 1.51. The quantitative estimate of drug-likeness (QED) is 0.859. The van der Waals surface area contributed by atoms with Crippen LogP contribution in [0.1, 0.15) is 12.0 Å². The molecule has 0 aromatic heterocycles. The molecule has 25 heavy (non-hydrogen) atoms. The first kappa shape index (κ1) is 18.2. The van der Waals surface area contributed by atoms with Crippen molar-refractivity contribution in [3.05, 3.63) is 58.9 Å². The molecule has 4 nitrogen and oxygen atoms in total. The van der Waals surface area contributed by atoms with Gasteiger partial charge in [-0.2, -0.15) is 0 Å². The van der Waals surface area contributed by atoms with Crippen LogP contribution in [0.25, 0.3) is 0 Å². The Kier molecular flexibility index (Phi) is 5.32. The topological polar surface area (TPSA) is 49.4 Å². The lowest BCUT2D eigenvalue weighted by Gasteiger charge is -2.19. The van der Waals surface area contributed by atoms with Crippen molar-refractivity contribution in [1.29, 1.82) is 0 Å². The SMILES string of the molecule is Cc1c(Cl)cccc1S(=O)(=O)NCC1CCN(c2ccc(F)cc2)C1. The van der Waals surface area contributed by atoms with E-state index in [0.717, 1.165) is 25.2 Å². The van der Waals surface area contributed by atoms with Crippen LogP contribution in [0.5, 0.6) is 0 Å². The Bertz CT molecular complexity index is 856. The van der Waals surface area contributed by atoms with Crippen molar-refractivity contribution in [2.75, 3.05) is 24.5 Å². The Labute approximate surface area is 152 Å². The van der Waals surface area contributed by atoms with Crippen molar-refractivity contribution < 1.29 is 12.8 Å². The maximum absolute atomic E-state index is 13.0. The summed E-state index contributed by atoms with van der Waals surface area (Å²) in [5, 5.41) is 0.436. The standard InChI is InChI=1S/C18H20ClFN2O2S/c1-13-17(19)3-2-4-18(13)25(23,24)21-11-14-9-10-22(12-14)16-7-5-15(20)6-8-16/h2-8,14,21H,9-12H2,1H3. The Morgan fingerprint density at radius 2 is 1.96 bits per heavy atom. The first-order valence-electron chi connectivity index (χ1n) is 8.12. The largest absolute Gasteiger partial charge is 0.371 e. The van der Waals surface area contributed by atoms with Crippen LogP contribution >= 0.6 is 11.6 Å². The third-order valence-electron chi connectivity index (χ3n) is 4.55. The number of sulfonamides is 1. The molecule has 0 saturated carbocycles. The summed E-state index contributed by atoms with van der Waals surface area (Å²) in [5.74, 6) is -0.0523. The minimum Gasteiger partial charge on any atom is -0.371 e. The Balaban J connectivity index is 1.62. The van der Waals surface area contributed by atoms with E-state index < -0.39 is 10.0 Å². The van der Waals surface area contributed by atoms with Crippen LogP contribution in [0.2, 0.25) is 5.02 Å². The van der Waals surface area contributed by atoms with Gasteiger partial charge in [-0.05, 0) is 61.2 Å². The van der Waals surface area contributed by atoms with E-state index in [4.69, 9.17) is 11.6 Å². The molecule has 0 aliphatic carbocycles. The number of benzene rings is 2. The van der Waals surface area contributed by atoms with Crippen LogP contribution in [-0.2, 0) is 10.0 Å². The molecule has 1 fully saturated rings. The monoisotopic (exact) mass is 382 g/mol. The fourth-order valence-electron chi connectivity index (χ4n) is 3.07. The van der Waals surface area contributed by atoms with Gasteiger partial charge in [-0.1, -0.05) is 17.7 Å². The van der Waals surface area contributed by atoms with Crippen molar-refractivity contribution >= 4 is 27.3 Å². The summed E-state index contributed by atoms with van der Waals surface area (Å²) < 4.78 is 40.8. The number of hydrogen-bond donors (Lipinski definition) is 1. The third-order valence-corrected chi connectivity index (χ3v) is 6.52. The lowest BCUT2D eigenvalue weighted by atomic mass is 10.1. The molecular weight excluding hydrogens is 363 g/mol. The van der Waals surface area contributed by atoms with Gasteiger partial charge in [0.05, 0.1) is 4.90 Å². The normalized spacial score (nSPS) is 17.9. The molecule has 3 rings (SSSR count). The molecule has 1 heterocycles. The Hall–Kier alpha value is -1.63. The van der Waals surface area contributed by atoms with Crippen molar-refractivity contribution in [2.45, 2.75) is 18.2 Å². The molecule has 134 valence electrons. The molecule has 2 aromatic rings. The molecule has 1 saturated heterocycles. The van der Waals surface area contributed by atoms with Gasteiger partial charge in [0.25, 0.3) is 0 Å². The number of rotatable bonds is 5. The Morgan fingerprint density at radius 3 is 2.68 bits per heavy atom. The minimum absolute atomic E-state index is 0.208. The second kappa shape index (κ2) is 7.32. The summed E-state index contributed by atoms with van der Waals surface area (Å²) in [6.45, 7) is 3.63. The third kappa shape index (κ3) is 4.14. The minimum atomic E-state index is -3.59. The number of hydrogen-bond acceptors (Lipinski definition) is 3. The first-order chi connectivity index (χ1) is 11.9. The van der Waals surface area contributed by atoms with Crippen LogP contribution in [-0.4, -0.2) is 28.1 Å². The summed E-state index contributed by atoms with van der Waals surface area (Å²) in [4.78, 5) is 2.36. The fraction of sp³-hybridized carbons (Fsp3) is 0.333. The van der Waals surface area contributed by atoms with Gasteiger partial charge in [-0.25, -0.2) is 17.5 Å². The number of nitrogens with one attached hydrogen (secondary N) is 1. The van der Waals surface area contributed by atoms with E-state index >= 15 is 0 Å². The Morgan fingerprint density at radius 1 is 1.24 bits per heavy atom. The zero-order chi connectivity index (χ0) is 18.0. The van der Waals surface area contributed by atoms with Crippen molar-refractivity contribution in [3.63, 3.8) is 0 Å². The van der Waals surface area contributed by atoms with Crippen molar-refractivity contribution in [2.24, 2.45) is 5.92 Å². The molecule has 0 bridgehead atoms. The van der Waals surface area contributed by atoms with E-state index in [0.29, 0.717) is 17.1 Å². The highest BCUT2D eigenvalue weighted by Crippen LogP contribution is 2.25. The van der Waals surface area contributed by atoms with Crippen molar-refractivity contribution in [3.8, 4) is 0 Å². The number of anilines is 1. The van der Waals surface area contributed by atoms with Gasteiger partial charge in [0.1, 0.15) is 5.82 Å². The van der Waals surface area contributed by atoms with E-state index in [1.54, 1.807) is 37.3 Å². The van der Waals surface area contributed by atoms with Crippen LogP contribution in [0, 0.1) is 18.7 Å². The van der Waals surface area contributed by atoms with Gasteiger partial charge >= 0.3 is 0 Å². The van der Waals surface area contributed by atoms with E-state index in [9.17, 15) is 12.8 Å². The molecule has 1 atom stereocenters. The second-order valence-electron chi connectivity index (χ2n) is 6.29. The highest BCUT2D eigenvalue weighted by atomic mass is 35.5. The van der Waals surface area contributed by atoms with Gasteiger partial charge in [-0.3, -0.25) is 0 Å². The average molecular weight is 383 g/mol. The molecule has 1 aliphatic heterocycles. The average Bonchev–Trinajstić information content (AvgIpc) is 3.05.